The molecule has 0 saturated carbocycles. The summed E-state index contributed by atoms with van der Waals surface area (Å²) in [6, 6.07) is 12.6. The standard InChI is InChI=1S/C28H32N2O6/c1-4-12-29(20-11-10-18-8-5-6-9-19(18)15-20)25(33)23-28-16-17(2)27(3,36-28)22(26(34)35)21(28)24(32)30(23)13-7-14-31/h4-6,8-11,15,17,21-23,31H,1,7,12-14,16H2,2-3H3,(H,34,35)/t17?,21-,22-,23?,27+,28?/m0/s1. The van der Waals surface area contributed by atoms with Gasteiger partial charge in [-0.25, -0.2) is 0 Å². The van der Waals surface area contributed by atoms with Crippen molar-refractivity contribution in [2.45, 2.75) is 43.9 Å². The second kappa shape index (κ2) is 8.71. The highest BCUT2D eigenvalue weighted by molar-refractivity contribution is 6.05. The molecule has 2 N–H and O–H groups in total. The first-order valence-electron chi connectivity index (χ1n) is 12.4. The highest BCUT2D eigenvalue weighted by atomic mass is 16.5. The van der Waals surface area contributed by atoms with Gasteiger partial charge in [0.2, 0.25) is 5.91 Å². The molecule has 2 amide bonds. The minimum Gasteiger partial charge on any atom is -0.481 e. The molecule has 3 unspecified atom stereocenters. The van der Waals surface area contributed by atoms with Gasteiger partial charge < -0.3 is 24.7 Å². The van der Waals surface area contributed by atoms with Crippen molar-refractivity contribution in [3.8, 4) is 0 Å². The molecule has 2 aromatic rings. The van der Waals surface area contributed by atoms with E-state index in [0.29, 0.717) is 12.1 Å². The number of carboxylic acid groups (broad SMARTS) is 1. The van der Waals surface area contributed by atoms with Crippen LogP contribution in [-0.2, 0) is 19.1 Å². The lowest BCUT2D eigenvalue weighted by molar-refractivity contribution is -0.156. The van der Waals surface area contributed by atoms with Crippen LogP contribution < -0.4 is 4.90 Å². The Balaban J connectivity index is 1.62. The molecule has 36 heavy (non-hydrogen) atoms. The lowest BCUT2D eigenvalue weighted by atomic mass is 9.62. The van der Waals surface area contributed by atoms with Gasteiger partial charge in [0.1, 0.15) is 17.6 Å². The Morgan fingerprint density at radius 2 is 1.97 bits per heavy atom. The monoisotopic (exact) mass is 492 g/mol. The number of aliphatic carboxylic acids is 1. The Morgan fingerprint density at radius 3 is 2.64 bits per heavy atom. The predicted molar refractivity (Wildman–Crippen MR) is 134 cm³/mol. The van der Waals surface area contributed by atoms with E-state index in [1.807, 2.05) is 49.4 Å². The van der Waals surface area contributed by atoms with Crippen molar-refractivity contribution in [1.82, 2.24) is 4.90 Å². The van der Waals surface area contributed by atoms with Gasteiger partial charge in [-0.1, -0.05) is 43.3 Å². The fraction of sp³-hybridized carbons (Fsp3) is 0.464. The van der Waals surface area contributed by atoms with E-state index in [4.69, 9.17) is 4.74 Å². The van der Waals surface area contributed by atoms with Gasteiger partial charge in [-0.3, -0.25) is 14.4 Å². The number of carbonyl (C=O) groups excluding carboxylic acids is 2. The molecule has 2 bridgehead atoms. The van der Waals surface area contributed by atoms with Gasteiger partial charge in [-0.15, -0.1) is 6.58 Å². The largest absolute Gasteiger partial charge is 0.481 e. The van der Waals surface area contributed by atoms with E-state index < -0.39 is 35.0 Å². The van der Waals surface area contributed by atoms with Crippen molar-refractivity contribution in [1.29, 1.82) is 0 Å². The molecule has 8 heteroatoms. The summed E-state index contributed by atoms with van der Waals surface area (Å²) in [5.74, 6) is -3.95. The zero-order valence-corrected chi connectivity index (χ0v) is 20.6. The van der Waals surface area contributed by atoms with Crippen LogP contribution in [0.3, 0.4) is 0 Å². The van der Waals surface area contributed by atoms with Crippen molar-refractivity contribution in [2.75, 3.05) is 24.6 Å². The molecule has 0 aliphatic carbocycles. The zero-order chi connectivity index (χ0) is 25.8. The Labute approximate surface area is 210 Å². The number of hydrogen-bond donors (Lipinski definition) is 2. The topological polar surface area (TPSA) is 107 Å². The summed E-state index contributed by atoms with van der Waals surface area (Å²) in [6.45, 7) is 7.72. The first-order chi connectivity index (χ1) is 17.2. The molecule has 5 rings (SSSR count). The first-order valence-corrected chi connectivity index (χ1v) is 12.4. The van der Waals surface area contributed by atoms with Gasteiger partial charge >= 0.3 is 5.97 Å². The van der Waals surface area contributed by atoms with E-state index in [-0.39, 0.29) is 43.8 Å². The normalized spacial score (nSPS) is 32.6. The highest BCUT2D eigenvalue weighted by Crippen LogP contribution is 2.65. The van der Waals surface area contributed by atoms with E-state index in [2.05, 4.69) is 6.58 Å². The zero-order valence-electron chi connectivity index (χ0n) is 20.6. The van der Waals surface area contributed by atoms with Crippen molar-refractivity contribution in [3.63, 3.8) is 0 Å². The number of fused-ring (bicyclic) bond motifs is 2. The van der Waals surface area contributed by atoms with Crippen molar-refractivity contribution < 1.29 is 29.3 Å². The molecule has 6 atom stereocenters. The SMILES string of the molecule is C=CCN(C(=O)C1N(CCCO)C(=O)[C@@H]2[C@@H](C(=O)O)[C@]3(C)OC12CC3C)c1ccc2ccccc2c1. The second-order valence-corrected chi connectivity index (χ2v) is 10.4. The van der Waals surface area contributed by atoms with Crippen LogP contribution in [0.15, 0.2) is 55.1 Å². The minimum atomic E-state index is -1.24. The fourth-order valence-corrected chi connectivity index (χ4v) is 6.82. The number of nitrogens with zero attached hydrogens (tertiary/aromatic N) is 2. The van der Waals surface area contributed by atoms with Crippen LogP contribution in [-0.4, -0.2) is 69.8 Å². The number of ether oxygens (including phenoxy) is 1. The quantitative estimate of drug-likeness (QED) is 0.549. The predicted octanol–water partition coefficient (Wildman–Crippen LogP) is 2.84. The average Bonchev–Trinajstić information content (AvgIpc) is 3.37. The summed E-state index contributed by atoms with van der Waals surface area (Å²) < 4.78 is 6.53. The Morgan fingerprint density at radius 1 is 1.25 bits per heavy atom. The first kappa shape index (κ1) is 24.5. The fourth-order valence-electron chi connectivity index (χ4n) is 6.82. The van der Waals surface area contributed by atoms with Gasteiger partial charge in [0.25, 0.3) is 5.91 Å². The summed E-state index contributed by atoms with van der Waals surface area (Å²) in [4.78, 5) is 43.6. The lowest BCUT2D eigenvalue weighted by Gasteiger charge is -2.37. The number of aliphatic hydroxyl groups excluding tert-OH is 1. The molecule has 3 aliphatic heterocycles. The number of amides is 2. The smallest absolute Gasteiger partial charge is 0.310 e. The number of rotatable bonds is 8. The van der Waals surface area contributed by atoms with Crippen LogP contribution in [0, 0.1) is 17.8 Å². The molecule has 8 nitrogen and oxygen atoms in total. The maximum Gasteiger partial charge on any atom is 0.310 e. The number of likely N-dealkylation sites (tertiary alicyclic amines) is 1. The number of carboxylic acids is 1. The Kier molecular flexibility index (Phi) is 5.92. The van der Waals surface area contributed by atoms with Gasteiger partial charge in [0.05, 0.1) is 11.5 Å². The number of carbonyl (C=O) groups is 3. The number of hydrogen-bond acceptors (Lipinski definition) is 5. The van der Waals surface area contributed by atoms with E-state index in [1.54, 1.807) is 17.9 Å². The molecular formula is C28H32N2O6. The van der Waals surface area contributed by atoms with Crippen LogP contribution in [0.2, 0.25) is 0 Å². The van der Waals surface area contributed by atoms with Crippen LogP contribution in [0.25, 0.3) is 10.8 Å². The van der Waals surface area contributed by atoms with Gasteiger partial charge in [-0.05, 0) is 48.6 Å². The van der Waals surface area contributed by atoms with Crippen molar-refractivity contribution in [2.24, 2.45) is 17.8 Å². The third-order valence-corrected chi connectivity index (χ3v) is 8.49. The van der Waals surface area contributed by atoms with Gasteiger partial charge in [0.15, 0.2) is 0 Å². The van der Waals surface area contributed by atoms with Crippen molar-refractivity contribution >= 4 is 34.2 Å². The lowest BCUT2D eigenvalue weighted by Crippen LogP contribution is -2.57. The molecule has 0 radical (unpaired) electrons. The van der Waals surface area contributed by atoms with E-state index >= 15 is 0 Å². The number of anilines is 1. The van der Waals surface area contributed by atoms with Gasteiger partial charge in [0, 0.05) is 25.4 Å². The molecule has 3 fully saturated rings. The van der Waals surface area contributed by atoms with Crippen LogP contribution in [0.4, 0.5) is 5.69 Å². The molecule has 3 aliphatic rings. The third kappa shape index (κ3) is 3.31. The van der Waals surface area contributed by atoms with Crippen LogP contribution in [0.1, 0.15) is 26.7 Å². The maximum atomic E-state index is 14.4. The molecule has 3 saturated heterocycles. The summed E-state index contributed by atoms with van der Waals surface area (Å²) in [5.41, 5.74) is -1.62. The third-order valence-electron chi connectivity index (χ3n) is 8.49. The van der Waals surface area contributed by atoms with Gasteiger partial charge in [-0.2, -0.15) is 0 Å². The maximum absolute atomic E-state index is 14.4. The highest BCUT2D eigenvalue weighted by Gasteiger charge is 2.80. The van der Waals surface area contributed by atoms with E-state index in [9.17, 15) is 24.6 Å². The molecule has 0 aromatic heterocycles. The van der Waals surface area contributed by atoms with Crippen molar-refractivity contribution in [3.05, 3.63) is 55.1 Å². The van der Waals surface area contributed by atoms with E-state index in [0.717, 1.165) is 10.8 Å². The molecular weight excluding hydrogens is 460 g/mol. The number of benzene rings is 2. The summed E-state index contributed by atoms with van der Waals surface area (Å²) >= 11 is 0. The number of aliphatic hydroxyl groups is 1. The van der Waals surface area contributed by atoms with Crippen LogP contribution in [0.5, 0.6) is 0 Å². The molecule has 3 heterocycles. The minimum absolute atomic E-state index is 0.143. The van der Waals surface area contributed by atoms with E-state index in [1.165, 1.54) is 4.90 Å². The summed E-state index contributed by atoms with van der Waals surface area (Å²) in [7, 11) is 0. The molecule has 190 valence electrons. The molecule has 2 aromatic carbocycles. The Hall–Kier alpha value is -3.23. The molecule has 1 spiro atoms. The average molecular weight is 493 g/mol. The van der Waals surface area contributed by atoms with Crippen LogP contribution >= 0.6 is 0 Å². The second-order valence-electron chi connectivity index (χ2n) is 10.4. The Bertz CT molecular complexity index is 1250. The summed E-state index contributed by atoms with van der Waals surface area (Å²) in [6.07, 6.45) is 2.32. The summed E-state index contributed by atoms with van der Waals surface area (Å²) in [5, 5.41) is 21.6.